The Balaban J connectivity index is 1.29. The van der Waals surface area contributed by atoms with E-state index in [1.807, 2.05) is 0 Å². The maximum Gasteiger partial charge on any atom is 0.434 e. The number of pyridine rings is 2. The number of fused-ring (bicyclic) bond motifs is 1. The largest absolute Gasteiger partial charge is 0.434 e. The van der Waals surface area contributed by atoms with Crippen molar-refractivity contribution in [3.63, 3.8) is 0 Å². The standard InChI is InChI=1S/C27H22ClF5N4O3/c28-15-10-18(23(35-11-15)27(31,32)33)24(38)36-17-7-4-14(5-8-17)13-37-20-3-1-2-19(30)22(20)26(40,25(37)39)21-9-6-16(29)12-34-21/h1-3,6,9-12,14,17,40H,4-5,7-8,13H2,(H,36,38)/t14-,17-,26?. The van der Waals surface area contributed by atoms with E-state index in [1.165, 1.54) is 17.0 Å². The second-order valence-corrected chi connectivity index (χ2v) is 10.3. The molecule has 210 valence electrons. The molecule has 1 fully saturated rings. The normalized spacial score (nSPS) is 22.8. The third-order valence-electron chi connectivity index (χ3n) is 7.29. The van der Waals surface area contributed by atoms with E-state index < -0.39 is 52.5 Å². The van der Waals surface area contributed by atoms with Crippen molar-refractivity contribution in [1.82, 2.24) is 15.3 Å². The molecule has 5 rings (SSSR count). The Labute approximate surface area is 230 Å². The Hall–Kier alpha value is -3.64. The molecule has 2 N–H and O–H groups in total. The summed E-state index contributed by atoms with van der Waals surface area (Å²) in [6.07, 6.45) is -1.38. The van der Waals surface area contributed by atoms with Gasteiger partial charge in [-0.1, -0.05) is 17.7 Å². The van der Waals surface area contributed by atoms with E-state index in [-0.39, 0.29) is 34.4 Å². The van der Waals surface area contributed by atoms with E-state index in [2.05, 4.69) is 15.3 Å². The Kier molecular flexibility index (Phi) is 7.26. The summed E-state index contributed by atoms with van der Waals surface area (Å²) in [5.41, 5.74) is -4.76. The van der Waals surface area contributed by atoms with Gasteiger partial charge in [-0.3, -0.25) is 14.6 Å². The molecule has 1 aliphatic heterocycles. The first-order valence-electron chi connectivity index (χ1n) is 12.4. The van der Waals surface area contributed by atoms with Crippen LogP contribution in [0.5, 0.6) is 0 Å². The van der Waals surface area contributed by atoms with Gasteiger partial charge in [0.25, 0.3) is 11.8 Å². The van der Waals surface area contributed by atoms with Gasteiger partial charge in [-0.25, -0.2) is 13.8 Å². The first-order chi connectivity index (χ1) is 18.9. The zero-order valence-corrected chi connectivity index (χ0v) is 21.4. The smallest absolute Gasteiger partial charge is 0.370 e. The number of halogens is 6. The number of aromatic nitrogens is 2. The van der Waals surface area contributed by atoms with Crippen LogP contribution in [-0.4, -0.2) is 39.5 Å². The Morgan fingerprint density at radius 2 is 1.82 bits per heavy atom. The summed E-state index contributed by atoms with van der Waals surface area (Å²) in [5.74, 6) is -3.39. The molecule has 0 radical (unpaired) electrons. The molecule has 2 aliphatic rings. The molecule has 1 atom stereocenters. The van der Waals surface area contributed by atoms with Crippen molar-refractivity contribution in [2.24, 2.45) is 5.92 Å². The molecular weight excluding hydrogens is 559 g/mol. The number of benzene rings is 1. The Morgan fingerprint density at radius 1 is 1.10 bits per heavy atom. The van der Waals surface area contributed by atoms with Crippen molar-refractivity contribution >= 4 is 29.1 Å². The number of nitrogens with zero attached hydrogens (tertiary/aromatic N) is 3. The number of carbonyl (C=O) groups is 2. The lowest BCUT2D eigenvalue weighted by Gasteiger charge is -2.32. The first-order valence-corrected chi connectivity index (χ1v) is 12.8. The van der Waals surface area contributed by atoms with E-state index in [9.17, 15) is 36.6 Å². The number of carbonyl (C=O) groups excluding carboxylic acids is 2. The lowest BCUT2D eigenvalue weighted by atomic mass is 9.85. The van der Waals surface area contributed by atoms with Crippen LogP contribution in [0.25, 0.3) is 0 Å². The molecule has 13 heteroatoms. The number of rotatable bonds is 5. The predicted molar refractivity (Wildman–Crippen MR) is 133 cm³/mol. The van der Waals surface area contributed by atoms with E-state index in [4.69, 9.17) is 11.6 Å². The predicted octanol–water partition coefficient (Wildman–Crippen LogP) is 5.00. The number of hydrogen-bond acceptors (Lipinski definition) is 5. The molecule has 3 aromatic rings. The van der Waals surface area contributed by atoms with E-state index in [0.29, 0.717) is 25.7 Å². The number of alkyl halides is 3. The van der Waals surface area contributed by atoms with Crippen LogP contribution in [0.3, 0.4) is 0 Å². The van der Waals surface area contributed by atoms with Gasteiger partial charge in [0, 0.05) is 18.8 Å². The van der Waals surface area contributed by atoms with Gasteiger partial charge in [-0.15, -0.1) is 0 Å². The van der Waals surface area contributed by atoms with E-state index >= 15 is 0 Å². The van der Waals surface area contributed by atoms with Gasteiger partial charge < -0.3 is 15.3 Å². The minimum Gasteiger partial charge on any atom is -0.370 e. The Morgan fingerprint density at radius 3 is 2.48 bits per heavy atom. The fourth-order valence-electron chi connectivity index (χ4n) is 5.37. The molecule has 1 unspecified atom stereocenters. The monoisotopic (exact) mass is 580 g/mol. The minimum atomic E-state index is -4.84. The number of hydrogen-bond donors (Lipinski definition) is 2. The van der Waals surface area contributed by atoms with Gasteiger partial charge in [0.2, 0.25) is 5.60 Å². The van der Waals surface area contributed by atoms with Crippen LogP contribution >= 0.6 is 11.6 Å². The van der Waals surface area contributed by atoms with Crippen molar-refractivity contribution in [2.75, 3.05) is 11.4 Å². The highest BCUT2D eigenvalue weighted by molar-refractivity contribution is 6.30. The van der Waals surface area contributed by atoms with Crippen LogP contribution in [0, 0.1) is 17.6 Å². The van der Waals surface area contributed by atoms with Crippen LogP contribution in [0.2, 0.25) is 5.02 Å². The van der Waals surface area contributed by atoms with E-state index in [0.717, 1.165) is 36.7 Å². The molecule has 1 aliphatic carbocycles. The van der Waals surface area contributed by atoms with Crippen molar-refractivity contribution in [3.05, 3.63) is 88.0 Å². The maximum atomic E-state index is 15.0. The molecule has 1 saturated carbocycles. The third-order valence-corrected chi connectivity index (χ3v) is 7.49. The number of aliphatic hydroxyl groups is 1. The quantitative estimate of drug-likeness (QED) is 0.414. The highest BCUT2D eigenvalue weighted by atomic mass is 35.5. The molecule has 1 aromatic carbocycles. The van der Waals surface area contributed by atoms with Crippen molar-refractivity contribution in [3.8, 4) is 0 Å². The second kappa shape index (κ2) is 10.4. The lowest BCUT2D eigenvalue weighted by Crippen LogP contribution is -2.45. The molecule has 0 saturated heterocycles. The van der Waals surface area contributed by atoms with Gasteiger partial charge in [0.15, 0.2) is 5.69 Å². The summed E-state index contributed by atoms with van der Waals surface area (Å²) >= 11 is 5.77. The van der Waals surface area contributed by atoms with Crippen molar-refractivity contribution in [2.45, 2.75) is 43.5 Å². The zero-order valence-electron chi connectivity index (χ0n) is 20.7. The van der Waals surface area contributed by atoms with Gasteiger partial charge >= 0.3 is 6.18 Å². The van der Waals surface area contributed by atoms with Crippen LogP contribution < -0.4 is 10.2 Å². The summed E-state index contributed by atoms with van der Waals surface area (Å²) in [6, 6.07) is 6.65. The Bertz CT molecular complexity index is 1460. The highest BCUT2D eigenvalue weighted by Crippen LogP contribution is 2.46. The summed E-state index contributed by atoms with van der Waals surface area (Å²) < 4.78 is 68.4. The molecule has 7 nitrogen and oxygen atoms in total. The molecule has 0 spiro atoms. The van der Waals surface area contributed by atoms with Crippen LogP contribution in [0.1, 0.15) is 53.0 Å². The van der Waals surface area contributed by atoms with Gasteiger partial charge in [0.1, 0.15) is 11.6 Å². The number of anilines is 1. The molecule has 0 bridgehead atoms. The molecular formula is C27H22ClF5N4O3. The van der Waals surface area contributed by atoms with Gasteiger partial charge in [0.05, 0.1) is 33.7 Å². The van der Waals surface area contributed by atoms with Crippen molar-refractivity contribution < 1.29 is 36.6 Å². The second-order valence-electron chi connectivity index (χ2n) is 9.86. The van der Waals surface area contributed by atoms with Crippen LogP contribution in [0.15, 0.2) is 48.8 Å². The summed E-state index contributed by atoms with van der Waals surface area (Å²) in [5, 5.41) is 14.0. The summed E-state index contributed by atoms with van der Waals surface area (Å²) in [4.78, 5) is 34.6. The summed E-state index contributed by atoms with van der Waals surface area (Å²) in [7, 11) is 0. The lowest BCUT2D eigenvalue weighted by molar-refractivity contribution is -0.141. The molecule has 2 amide bonds. The van der Waals surface area contributed by atoms with Crippen LogP contribution in [-0.2, 0) is 16.6 Å². The maximum absolute atomic E-state index is 15.0. The topological polar surface area (TPSA) is 95.4 Å². The third kappa shape index (κ3) is 5.01. The fourth-order valence-corrected chi connectivity index (χ4v) is 5.52. The number of amides is 2. The van der Waals surface area contributed by atoms with E-state index in [1.54, 1.807) is 0 Å². The molecule has 40 heavy (non-hydrogen) atoms. The molecule has 3 heterocycles. The average Bonchev–Trinajstić information content (AvgIpc) is 3.12. The van der Waals surface area contributed by atoms with Crippen molar-refractivity contribution in [1.29, 1.82) is 0 Å². The van der Waals surface area contributed by atoms with Gasteiger partial charge in [-0.05, 0) is 61.9 Å². The molecule has 2 aromatic heterocycles. The summed E-state index contributed by atoms with van der Waals surface area (Å²) in [6.45, 7) is 0.121. The zero-order chi connectivity index (χ0) is 28.8. The fraction of sp³-hybridized carbons (Fsp3) is 0.333. The van der Waals surface area contributed by atoms with Gasteiger partial charge in [-0.2, -0.15) is 13.2 Å². The first kappa shape index (κ1) is 27.9. The van der Waals surface area contributed by atoms with Crippen LogP contribution in [0.4, 0.5) is 27.6 Å². The SMILES string of the molecule is O=C(N[C@H]1CC[C@H](CN2C(=O)C(O)(c3ccc(F)cn3)c3c(F)cccc32)CC1)c1cc(Cl)cnc1C(F)(F)F. The number of nitrogens with one attached hydrogen (secondary N) is 1. The minimum absolute atomic E-state index is 0.107. The average molecular weight is 581 g/mol. The highest BCUT2D eigenvalue weighted by Gasteiger charge is 2.54.